The third-order valence-corrected chi connectivity index (χ3v) is 3.00. The molecular weight excluding hydrogens is 277 g/mol. The van der Waals surface area contributed by atoms with Crippen LogP contribution in [0.5, 0.6) is 0 Å². The minimum atomic E-state index is -4.36. The molecule has 0 aliphatic carbocycles. The summed E-state index contributed by atoms with van der Waals surface area (Å²) in [5, 5.41) is 0.384. The zero-order valence-electron chi connectivity index (χ0n) is 9.66. The summed E-state index contributed by atoms with van der Waals surface area (Å²) in [6, 6.07) is 7.28. The van der Waals surface area contributed by atoms with Gasteiger partial charge in [-0.25, -0.2) is 0 Å². The Balaban J connectivity index is 2.31. The maximum absolute atomic E-state index is 12.4. The number of benzene rings is 1. The first kappa shape index (κ1) is 13.8. The Morgan fingerprint density at radius 2 is 1.74 bits per heavy atom. The third kappa shape index (κ3) is 3.05. The number of alkyl halides is 3. The largest absolute Gasteiger partial charge is 0.416 e. The molecule has 0 saturated heterocycles. The molecule has 2 nitrogen and oxygen atoms in total. The Morgan fingerprint density at radius 1 is 1.11 bits per heavy atom. The van der Waals surface area contributed by atoms with Gasteiger partial charge in [0.1, 0.15) is 0 Å². The van der Waals surface area contributed by atoms with E-state index in [-0.39, 0.29) is 0 Å². The predicted molar refractivity (Wildman–Crippen MR) is 66.7 cm³/mol. The Hall–Kier alpha value is -1.59. The van der Waals surface area contributed by atoms with Crippen molar-refractivity contribution in [3.63, 3.8) is 0 Å². The van der Waals surface area contributed by atoms with E-state index in [2.05, 4.69) is 4.98 Å². The Kier molecular flexibility index (Phi) is 3.78. The minimum absolute atomic E-state index is 0.384. The van der Waals surface area contributed by atoms with Gasteiger partial charge in [0.05, 0.1) is 22.3 Å². The van der Waals surface area contributed by atoms with Crippen molar-refractivity contribution in [2.24, 2.45) is 5.73 Å². The van der Waals surface area contributed by atoms with E-state index in [1.54, 1.807) is 12.1 Å². The Bertz CT molecular complexity index is 567. The lowest BCUT2D eigenvalue weighted by molar-refractivity contribution is -0.137. The quantitative estimate of drug-likeness (QED) is 0.912. The van der Waals surface area contributed by atoms with E-state index in [0.29, 0.717) is 16.3 Å². The highest BCUT2D eigenvalue weighted by Gasteiger charge is 2.30. The maximum Gasteiger partial charge on any atom is 0.416 e. The van der Waals surface area contributed by atoms with Crippen LogP contribution in [0.3, 0.4) is 0 Å². The molecule has 0 amide bonds. The first-order valence-corrected chi connectivity index (χ1v) is 5.80. The second-order valence-electron chi connectivity index (χ2n) is 3.97. The molecular formula is C13H10ClF3N2. The van der Waals surface area contributed by atoms with E-state index in [0.717, 1.165) is 12.1 Å². The minimum Gasteiger partial charge on any atom is -0.319 e. The van der Waals surface area contributed by atoms with Gasteiger partial charge >= 0.3 is 6.18 Å². The highest BCUT2D eigenvalue weighted by molar-refractivity contribution is 6.31. The van der Waals surface area contributed by atoms with Gasteiger partial charge in [-0.05, 0) is 29.8 Å². The van der Waals surface area contributed by atoms with Crippen molar-refractivity contribution >= 4 is 11.6 Å². The van der Waals surface area contributed by atoms with Gasteiger partial charge in [-0.3, -0.25) is 4.98 Å². The number of aromatic nitrogens is 1. The molecule has 0 unspecified atom stereocenters. The van der Waals surface area contributed by atoms with E-state index in [1.807, 2.05) is 0 Å². The second-order valence-corrected chi connectivity index (χ2v) is 4.38. The number of hydrogen-bond acceptors (Lipinski definition) is 2. The summed E-state index contributed by atoms with van der Waals surface area (Å²) in [5.41, 5.74) is 6.19. The average molecular weight is 287 g/mol. The number of nitrogens with two attached hydrogens (primary N) is 1. The van der Waals surface area contributed by atoms with E-state index >= 15 is 0 Å². The molecule has 1 atom stereocenters. The van der Waals surface area contributed by atoms with Crippen LogP contribution in [-0.2, 0) is 6.18 Å². The fourth-order valence-corrected chi connectivity index (χ4v) is 1.90. The van der Waals surface area contributed by atoms with Crippen molar-refractivity contribution in [3.05, 3.63) is 64.4 Å². The summed E-state index contributed by atoms with van der Waals surface area (Å²) in [5.74, 6) is 0. The molecule has 100 valence electrons. The summed E-state index contributed by atoms with van der Waals surface area (Å²) in [6.07, 6.45) is -2.82. The topological polar surface area (TPSA) is 38.9 Å². The van der Waals surface area contributed by atoms with Crippen LogP contribution in [0, 0.1) is 0 Å². The van der Waals surface area contributed by atoms with Crippen molar-refractivity contribution in [2.75, 3.05) is 0 Å². The van der Waals surface area contributed by atoms with E-state index < -0.39 is 17.8 Å². The van der Waals surface area contributed by atoms with Crippen LogP contribution in [0.25, 0.3) is 0 Å². The van der Waals surface area contributed by atoms with Crippen molar-refractivity contribution in [1.82, 2.24) is 4.98 Å². The van der Waals surface area contributed by atoms with Crippen molar-refractivity contribution in [2.45, 2.75) is 12.2 Å². The number of nitrogens with zero attached hydrogens (tertiary/aromatic N) is 1. The van der Waals surface area contributed by atoms with E-state index in [1.165, 1.54) is 18.3 Å². The average Bonchev–Trinajstić information content (AvgIpc) is 2.38. The van der Waals surface area contributed by atoms with Gasteiger partial charge in [-0.15, -0.1) is 0 Å². The molecule has 6 heteroatoms. The third-order valence-electron chi connectivity index (χ3n) is 2.68. The molecule has 1 aromatic carbocycles. The van der Waals surface area contributed by atoms with Gasteiger partial charge in [-0.1, -0.05) is 23.7 Å². The molecule has 0 radical (unpaired) electrons. The van der Waals surface area contributed by atoms with Gasteiger partial charge in [0.15, 0.2) is 0 Å². The van der Waals surface area contributed by atoms with Crippen LogP contribution in [0.1, 0.15) is 22.9 Å². The van der Waals surface area contributed by atoms with Gasteiger partial charge < -0.3 is 5.73 Å². The Morgan fingerprint density at radius 3 is 2.26 bits per heavy atom. The molecule has 0 aliphatic heterocycles. The summed E-state index contributed by atoms with van der Waals surface area (Å²) < 4.78 is 37.3. The zero-order chi connectivity index (χ0) is 14.0. The molecule has 2 aromatic rings. The highest BCUT2D eigenvalue weighted by Crippen LogP contribution is 2.31. The molecule has 2 rings (SSSR count). The molecule has 0 saturated carbocycles. The molecule has 1 heterocycles. The van der Waals surface area contributed by atoms with Crippen LogP contribution in [0.15, 0.2) is 42.6 Å². The lowest BCUT2D eigenvalue weighted by atomic mass is 10.0. The van der Waals surface area contributed by atoms with Crippen molar-refractivity contribution in [1.29, 1.82) is 0 Å². The predicted octanol–water partition coefficient (Wildman–Crippen LogP) is 3.80. The van der Waals surface area contributed by atoms with Gasteiger partial charge in [-0.2, -0.15) is 13.2 Å². The Labute approximate surface area is 113 Å². The lowest BCUT2D eigenvalue weighted by Gasteiger charge is -2.14. The molecule has 0 spiro atoms. The first-order chi connectivity index (χ1) is 8.89. The zero-order valence-corrected chi connectivity index (χ0v) is 10.4. The summed E-state index contributed by atoms with van der Waals surface area (Å²) in [7, 11) is 0. The fraction of sp³-hybridized carbons (Fsp3) is 0.154. The summed E-state index contributed by atoms with van der Waals surface area (Å²) >= 11 is 5.95. The van der Waals surface area contributed by atoms with Crippen LogP contribution >= 0.6 is 11.6 Å². The molecule has 1 aromatic heterocycles. The van der Waals surface area contributed by atoms with Crippen LogP contribution in [-0.4, -0.2) is 4.98 Å². The number of halogens is 4. The standard InChI is InChI=1S/C13H10ClF3N2/c14-10-2-1-7-19-12(10)11(18)8-3-5-9(6-4-8)13(15,16)17/h1-7,11H,18H2/t11-/m0/s1. The number of pyridine rings is 1. The lowest BCUT2D eigenvalue weighted by Crippen LogP contribution is -2.14. The fourth-order valence-electron chi connectivity index (χ4n) is 1.66. The van der Waals surface area contributed by atoms with Gasteiger partial charge in [0, 0.05) is 6.20 Å². The van der Waals surface area contributed by atoms with Gasteiger partial charge in [0.25, 0.3) is 0 Å². The van der Waals surface area contributed by atoms with Crippen molar-refractivity contribution in [3.8, 4) is 0 Å². The van der Waals surface area contributed by atoms with Crippen LogP contribution in [0.2, 0.25) is 5.02 Å². The van der Waals surface area contributed by atoms with Gasteiger partial charge in [0.2, 0.25) is 0 Å². The van der Waals surface area contributed by atoms with Crippen LogP contribution in [0.4, 0.5) is 13.2 Å². The number of rotatable bonds is 2. The molecule has 0 fully saturated rings. The van der Waals surface area contributed by atoms with Crippen LogP contribution < -0.4 is 5.73 Å². The van der Waals surface area contributed by atoms with E-state index in [4.69, 9.17) is 17.3 Å². The van der Waals surface area contributed by atoms with Crippen molar-refractivity contribution < 1.29 is 13.2 Å². The normalized spacial score (nSPS) is 13.3. The molecule has 0 aliphatic rings. The molecule has 2 N–H and O–H groups in total. The molecule has 0 bridgehead atoms. The second kappa shape index (κ2) is 5.19. The monoisotopic (exact) mass is 286 g/mol. The van der Waals surface area contributed by atoms with E-state index in [9.17, 15) is 13.2 Å². The summed E-state index contributed by atoms with van der Waals surface area (Å²) in [6.45, 7) is 0. The smallest absolute Gasteiger partial charge is 0.319 e. The molecule has 19 heavy (non-hydrogen) atoms. The SMILES string of the molecule is N[C@@H](c1ccc(C(F)(F)F)cc1)c1ncccc1Cl. The number of hydrogen-bond donors (Lipinski definition) is 1. The highest BCUT2D eigenvalue weighted by atomic mass is 35.5. The summed E-state index contributed by atoms with van der Waals surface area (Å²) in [4.78, 5) is 4.05. The first-order valence-electron chi connectivity index (χ1n) is 5.43. The maximum atomic E-state index is 12.4.